The second kappa shape index (κ2) is 6.34. The fourth-order valence-electron chi connectivity index (χ4n) is 1.64. The summed E-state index contributed by atoms with van der Waals surface area (Å²) in [7, 11) is 0. The second-order valence-electron chi connectivity index (χ2n) is 4.17. The third kappa shape index (κ3) is 4.93. The Hall–Kier alpha value is -1.76. The lowest BCUT2D eigenvalue weighted by atomic mass is 10.2. The van der Waals surface area contributed by atoms with Gasteiger partial charge in [-0.2, -0.15) is 0 Å². The van der Waals surface area contributed by atoms with Gasteiger partial charge < -0.3 is 10.1 Å². The van der Waals surface area contributed by atoms with Crippen molar-refractivity contribution in [2.75, 3.05) is 5.32 Å². The molecule has 0 bridgehead atoms. The molecule has 0 atom stereocenters. The van der Waals surface area contributed by atoms with Crippen LogP contribution in [0, 0.1) is 5.82 Å². The molecule has 0 saturated heterocycles. The maximum Gasteiger partial charge on any atom is 0.573 e. The maximum atomic E-state index is 13.1. The molecule has 0 aliphatic heterocycles. The molecule has 21 heavy (non-hydrogen) atoms. The summed E-state index contributed by atoms with van der Waals surface area (Å²) >= 11 is 3.27. The van der Waals surface area contributed by atoms with Gasteiger partial charge in [-0.15, -0.1) is 13.2 Å². The van der Waals surface area contributed by atoms with Crippen molar-refractivity contribution in [2.24, 2.45) is 0 Å². The van der Waals surface area contributed by atoms with Crippen molar-refractivity contribution in [3.05, 3.63) is 58.3 Å². The fourth-order valence-corrected chi connectivity index (χ4v) is 2.03. The van der Waals surface area contributed by atoms with Crippen LogP contribution in [0.2, 0.25) is 0 Å². The number of halogens is 5. The molecule has 0 amide bonds. The summed E-state index contributed by atoms with van der Waals surface area (Å²) in [4.78, 5) is 0. The van der Waals surface area contributed by atoms with E-state index < -0.39 is 6.36 Å². The number of rotatable bonds is 4. The van der Waals surface area contributed by atoms with Crippen LogP contribution in [0.1, 0.15) is 5.56 Å². The van der Waals surface area contributed by atoms with E-state index in [4.69, 9.17) is 0 Å². The van der Waals surface area contributed by atoms with E-state index in [1.807, 2.05) is 0 Å². The van der Waals surface area contributed by atoms with Crippen LogP contribution in [0.4, 0.5) is 23.2 Å². The maximum absolute atomic E-state index is 13.1. The molecule has 0 aliphatic carbocycles. The molecule has 0 fully saturated rings. The first-order valence-corrected chi connectivity index (χ1v) is 6.66. The molecule has 0 unspecified atom stereocenters. The van der Waals surface area contributed by atoms with E-state index in [1.54, 1.807) is 6.07 Å². The van der Waals surface area contributed by atoms with Crippen molar-refractivity contribution in [1.82, 2.24) is 0 Å². The number of alkyl halides is 3. The highest BCUT2D eigenvalue weighted by Crippen LogP contribution is 2.25. The average molecular weight is 364 g/mol. The number of hydrogen-bond acceptors (Lipinski definition) is 2. The minimum Gasteiger partial charge on any atom is -0.406 e. The Bertz CT molecular complexity index is 613. The summed E-state index contributed by atoms with van der Waals surface area (Å²) in [5.41, 5.74) is 1.30. The predicted molar refractivity (Wildman–Crippen MR) is 74.6 cm³/mol. The van der Waals surface area contributed by atoms with Crippen LogP contribution >= 0.6 is 15.9 Å². The largest absolute Gasteiger partial charge is 0.573 e. The summed E-state index contributed by atoms with van der Waals surface area (Å²) in [5.74, 6) is -0.659. The van der Waals surface area contributed by atoms with Gasteiger partial charge in [-0.05, 0) is 51.8 Å². The molecule has 0 spiro atoms. The Balaban J connectivity index is 1.99. The van der Waals surface area contributed by atoms with Gasteiger partial charge >= 0.3 is 6.36 Å². The van der Waals surface area contributed by atoms with Gasteiger partial charge in [0.2, 0.25) is 0 Å². The van der Waals surface area contributed by atoms with Crippen molar-refractivity contribution in [1.29, 1.82) is 0 Å². The molecule has 2 aromatic carbocycles. The quantitative estimate of drug-likeness (QED) is 0.763. The van der Waals surface area contributed by atoms with E-state index in [9.17, 15) is 17.6 Å². The van der Waals surface area contributed by atoms with Gasteiger partial charge in [0.15, 0.2) is 0 Å². The first-order chi connectivity index (χ1) is 9.83. The normalized spacial score (nSPS) is 11.3. The zero-order valence-electron chi connectivity index (χ0n) is 10.5. The molecule has 2 rings (SSSR count). The Kier molecular flexibility index (Phi) is 4.72. The molecule has 0 heterocycles. The molecule has 2 nitrogen and oxygen atoms in total. The molecule has 0 aromatic heterocycles. The number of benzene rings is 2. The fraction of sp³-hybridized carbons (Fsp3) is 0.143. The van der Waals surface area contributed by atoms with Gasteiger partial charge in [-0.25, -0.2) is 4.39 Å². The van der Waals surface area contributed by atoms with Crippen LogP contribution in [0.25, 0.3) is 0 Å². The highest BCUT2D eigenvalue weighted by molar-refractivity contribution is 9.10. The summed E-state index contributed by atoms with van der Waals surface area (Å²) in [5, 5.41) is 2.99. The minimum absolute atomic E-state index is 0.279. The molecule has 112 valence electrons. The summed E-state index contributed by atoms with van der Waals surface area (Å²) in [6.45, 7) is 0.342. The van der Waals surface area contributed by atoms with Gasteiger partial charge in [-0.1, -0.05) is 12.1 Å². The van der Waals surface area contributed by atoms with Crippen molar-refractivity contribution in [3.63, 3.8) is 0 Å². The topological polar surface area (TPSA) is 21.3 Å². The number of nitrogens with one attached hydrogen (secondary N) is 1. The van der Waals surface area contributed by atoms with E-state index in [2.05, 4.69) is 26.0 Å². The Morgan fingerprint density at radius 3 is 2.33 bits per heavy atom. The van der Waals surface area contributed by atoms with Crippen molar-refractivity contribution < 1.29 is 22.3 Å². The number of ether oxygens (including phenoxy) is 1. The Labute approximate surface area is 126 Å². The molecule has 7 heteroatoms. The first-order valence-electron chi connectivity index (χ1n) is 5.87. The van der Waals surface area contributed by atoms with Crippen molar-refractivity contribution >= 4 is 21.6 Å². The van der Waals surface area contributed by atoms with Crippen LogP contribution in [-0.2, 0) is 6.54 Å². The smallest absolute Gasteiger partial charge is 0.406 e. The lowest BCUT2D eigenvalue weighted by molar-refractivity contribution is -0.274. The van der Waals surface area contributed by atoms with Crippen LogP contribution in [0.15, 0.2) is 46.9 Å². The van der Waals surface area contributed by atoms with Gasteiger partial charge in [0, 0.05) is 11.0 Å². The number of anilines is 1. The SMILES string of the molecule is Fc1ccc(Br)c(NCc2ccc(OC(F)(F)F)cc2)c1. The molecule has 0 aliphatic rings. The lowest BCUT2D eigenvalue weighted by Gasteiger charge is -2.11. The van der Waals surface area contributed by atoms with E-state index in [0.29, 0.717) is 16.7 Å². The Morgan fingerprint density at radius 1 is 1.05 bits per heavy atom. The van der Waals surface area contributed by atoms with Crippen LogP contribution in [0.3, 0.4) is 0 Å². The van der Waals surface area contributed by atoms with E-state index in [0.717, 1.165) is 5.56 Å². The minimum atomic E-state index is -4.70. The highest BCUT2D eigenvalue weighted by atomic mass is 79.9. The van der Waals surface area contributed by atoms with E-state index in [-0.39, 0.29) is 11.6 Å². The molecule has 0 radical (unpaired) electrons. The monoisotopic (exact) mass is 363 g/mol. The Morgan fingerprint density at radius 2 is 1.71 bits per heavy atom. The van der Waals surface area contributed by atoms with Crippen LogP contribution < -0.4 is 10.1 Å². The molecule has 1 N–H and O–H groups in total. The van der Waals surface area contributed by atoms with Crippen LogP contribution in [0.5, 0.6) is 5.75 Å². The molecular weight excluding hydrogens is 354 g/mol. The predicted octanol–water partition coefficient (Wildman–Crippen LogP) is 5.10. The van der Waals surface area contributed by atoms with E-state index >= 15 is 0 Å². The van der Waals surface area contributed by atoms with Gasteiger partial charge in [-0.3, -0.25) is 0 Å². The van der Waals surface area contributed by atoms with Crippen LogP contribution in [-0.4, -0.2) is 6.36 Å². The summed E-state index contributed by atoms with van der Waals surface area (Å²) in [6.07, 6.45) is -4.70. The average Bonchev–Trinajstić information content (AvgIpc) is 2.40. The van der Waals surface area contributed by atoms with Gasteiger partial charge in [0.25, 0.3) is 0 Å². The number of hydrogen-bond donors (Lipinski definition) is 1. The third-order valence-corrected chi connectivity index (χ3v) is 3.26. The molecule has 2 aromatic rings. The third-order valence-electron chi connectivity index (χ3n) is 2.57. The first kappa shape index (κ1) is 15.6. The second-order valence-corrected chi connectivity index (χ2v) is 5.02. The molecular formula is C14H10BrF4NO. The van der Waals surface area contributed by atoms with Gasteiger partial charge in [0.1, 0.15) is 11.6 Å². The van der Waals surface area contributed by atoms with Crippen molar-refractivity contribution in [2.45, 2.75) is 12.9 Å². The zero-order valence-corrected chi connectivity index (χ0v) is 12.1. The zero-order chi connectivity index (χ0) is 15.5. The van der Waals surface area contributed by atoms with Gasteiger partial charge in [0.05, 0.1) is 5.69 Å². The van der Waals surface area contributed by atoms with Crippen molar-refractivity contribution in [3.8, 4) is 5.75 Å². The summed E-state index contributed by atoms with van der Waals surface area (Å²) < 4.78 is 53.6. The highest BCUT2D eigenvalue weighted by Gasteiger charge is 2.30. The van der Waals surface area contributed by atoms with E-state index in [1.165, 1.54) is 36.4 Å². The summed E-state index contributed by atoms with van der Waals surface area (Å²) in [6, 6.07) is 9.67. The lowest BCUT2D eigenvalue weighted by Crippen LogP contribution is -2.17. The standard InChI is InChI=1S/C14H10BrF4NO/c15-12-6-3-10(16)7-13(12)20-8-9-1-4-11(5-2-9)21-14(17,18)19/h1-7,20H,8H2. The molecule has 0 saturated carbocycles.